The molecule has 0 amide bonds. The van der Waals surface area contributed by atoms with Gasteiger partial charge in [0.05, 0.1) is 5.08 Å². The van der Waals surface area contributed by atoms with E-state index < -0.39 is 0 Å². The quantitative estimate of drug-likeness (QED) is 0.196. The van der Waals surface area contributed by atoms with Gasteiger partial charge in [0, 0.05) is 16.8 Å². The summed E-state index contributed by atoms with van der Waals surface area (Å²) in [6.45, 7) is 12.3. The minimum absolute atomic E-state index is 0. The molecule has 0 rings (SSSR count). The van der Waals surface area contributed by atoms with Crippen molar-refractivity contribution in [3.8, 4) is 0 Å². The van der Waals surface area contributed by atoms with Crippen molar-refractivity contribution in [2.45, 2.75) is 65.3 Å². The summed E-state index contributed by atoms with van der Waals surface area (Å²) in [6.07, 6.45) is 0. The zero-order chi connectivity index (χ0) is 16.4. The van der Waals surface area contributed by atoms with E-state index in [2.05, 4.69) is 13.2 Å². The Morgan fingerprint density at radius 2 is 1.11 bits per heavy atom. The van der Waals surface area contributed by atoms with Crippen LogP contribution in [0.25, 0.3) is 0 Å². The number of hydrogen-bond acceptors (Lipinski definition) is 7. The van der Waals surface area contributed by atoms with E-state index >= 15 is 0 Å². The Morgan fingerprint density at radius 1 is 0.741 bits per heavy atom. The van der Waals surface area contributed by atoms with Gasteiger partial charge in [0.2, 0.25) is 10.2 Å². The molecular formula is C20H44O3S4. The summed E-state index contributed by atoms with van der Waals surface area (Å²) in [7, 11) is 0. The summed E-state index contributed by atoms with van der Waals surface area (Å²) < 4.78 is 0. The zero-order valence-corrected chi connectivity index (χ0v) is 15.7. The van der Waals surface area contributed by atoms with Gasteiger partial charge in [-0.15, -0.1) is 11.8 Å². The van der Waals surface area contributed by atoms with Crippen LogP contribution >= 0.6 is 47.0 Å². The fourth-order valence-corrected chi connectivity index (χ4v) is 4.66. The molecule has 0 aliphatic heterocycles. The monoisotopic (exact) mass is 460 g/mol. The van der Waals surface area contributed by atoms with Crippen LogP contribution in [-0.4, -0.2) is 31.3 Å². The van der Waals surface area contributed by atoms with Crippen LogP contribution in [0.3, 0.4) is 0 Å². The van der Waals surface area contributed by atoms with Crippen molar-refractivity contribution in [2.24, 2.45) is 5.92 Å². The van der Waals surface area contributed by atoms with Crippen LogP contribution in [0.2, 0.25) is 0 Å². The molecule has 166 valence electrons. The van der Waals surface area contributed by atoms with Gasteiger partial charge in [-0.3, -0.25) is 14.4 Å². The lowest BCUT2D eigenvalue weighted by molar-refractivity contribution is -0.113. The molecule has 0 N–H and O–H groups in total. The molecule has 3 nitrogen and oxygen atoms in total. The van der Waals surface area contributed by atoms with Crippen LogP contribution in [0.1, 0.15) is 65.3 Å². The van der Waals surface area contributed by atoms with Gasteiger partial charge in [0.25, 0.3) is 0 Å². The van der Waals surface area contributed by atoms with E-state index in [1.165, 1.54) is 11.8 Å². The molecule has 0 saturated carbocycles. The highest BCUT2D eigenvalue weighted by molar-refractivity contribution is 8.29. The second-order valence-electron chi connectivity index (χ2n) is 4.40. The SMILES string of the molecule is C.C.C.C.C.C.C=C(C)C(=O)SCSCC(C)C(=O)SCSC(=O)C(=C)C. The Hall–Kier alpha value is -0.110. The normalized spacial score (nSPS) is 9.15. The van der Waals surface area contributed by atoms with Gasteiger partial charge in [-0.25, -0.2) is 0 Å². The highest BCUT2D eigenvalue weighted by Crippen LogP contribution is 2.23. The Morgan fingerprint density at radius 3 is 1.48 bits per heavy atom. The average Bonchev–Trinajstić information content (AvgIpc) is 2.42. The van der Waals surface area contributed by atoms with E-state index in [0.29, 0.717) is 27.1 Å². The lowest BCUT2D eigenvalue weighted by Crippen LogP contribution is -2.10. The zero-order valence-electron chi connectivity index (χ0n) is 12.5. The molecule has 27 heavy (non-hydrogen) atoms. The third-order valence-electron chi connectivity index (χ3n) is 2.13. The number of hydrogen-bond donors (Lipinski definition) is 0. The predicted octanol–water partition coefficient (Wildman–Crippen LogP) is 8.02. The third-order valence-corrected chi connectivity index (χ3v) is 6.86. The van der Waals surface area contributed by atoms with E-state index in [0.717, 1.165) is 23.5 Å². The maximum absolute atomic E-state index is 11.8. The highest BCUT2D eigenvalue weighted by atomic mass is 32.2. The molecule has 0 aromatic rings. The summed E-state index contributed by atoms with van der Waals surface area (Å²) in [5.74, 6) is 0.572. The maximum atomic E-state index is 11.8. The molecule has 0 bridgehead atoms. The van der Waals surface area contributed by atoms with Crippen molar-refractivity contribution in [3.63, 3.8) is 0 Å². The second-order valence-corrected chi connectivity index (χ2v) is 9.03. The molecule has 0 radical (unpaired) electrons. The van der Waals surface area contributed by atoms with Gasteiger partial charge in [0.1, 0.15) is 0 Å². The van der Waals surface area contributed by atoms with Gasteiger partial charge in [-0.2, -0.15) is 0 Å². The van der Waals surface area contributed by atoms with Gasteiger partial charge in [-0.05, 0) is 25.0 Å². The van der Waals surface area contributed by atoms with Crippen molar-refractivity contribution in [3.05, 3.63) is 24.3 Å². The number of carbonyl (C=O) groups excluding carboxylic acids is 3. The van der Waals surface area contributed by atoms with Crippen LogP contribution < -0.4 is 0 Å². The Kier molecular flexibility index (Phi) is 43.7. The Balaban J connectivity index is -0.000000133. The second kappa shape index (κ2) is 25.9. The molecule has 0 saturated heterocycles. The van der Waals surface area contributed by atoms with Gasteiger partial charge in [-0.1, -0.05) is 99.9 Å². The summed E-state index contributed by atoms with van der Waals surface area (Å²) in [6, 6.07) is 0. The molecule has 0 heterocycles. The molecule has 0 aromatic heterocycles. The molecule has 0 aliphatic carbocycles. The van der Waals surface area contributed by atoms with Crippen molar-refractivity contribution < 1.29 is 14.4 Å². The number of carbonyl (C=O) groups is 3. The van der Waals surface area contributed by atoms with Crippen molar-refractivity contribution in [1.29, 1.82) is 0 Å². The van der Waals surface area contributed by atoms with Crippen molar-refractivity contribution in [1.82, 2.24) is 0 Å². The van der Waals surface area contributed by atoms with Crippen LogP contribution in [0.15, 0.2) is 24.3 Å². The van der Waals surface area contributed by atoms with E-state index in [-0.39, 0.29) is 65.8 Å². The van der Waals surface area contributed by atoms with E-state index in [1.807, 2.05) is 6.92 Å². The predicted molar refractivity (Wildman–Crippen MR) is 139 cm³/mol. The molecule has 0 aliphatic rings. The van der Waals surface area contributed by atoms with Crippen LogP contribution in [0.4, 0.5) is 0 Å². The average molecular weight is 461 g/mol. The summed E-state index contributed by atoms with van der Waals surface area (Å²) in [4.78, 5) is 34.5. The maximum Gasteiger partial charge on any atom is 0.215 e. The van der Waals surface area contributed by atoms with Gasteiger partial charge in [0.15, 0.2) is 5.12 Å². The molecular weight excluding hydrogens is 416 g/mol. The van der Waals surface area contributed by atoms with Crippen molar-refractivity contribution in [2.75, 3.05) is 15.9 Å². The first-order valence-electron chi connectivity index (χ1n) is 6.15. The van der Waals surface area contributed by atoms with E-state index in [4.69, 9.17) is 0 Å². The molecule has 0 aromatic carbocycles. The first-order valence-corrected chi connectivity index (χ1v) is 10.3. The molecule has 1 unspecified atom stereocenters. The topological polar surface area (TPSA) is 51.2 Å². The first-order chi connectivity index (χ1) is 9.75. The lowest BCUT2D eigenvalue weighted by atomic mass is 10.2. The lowest BCUT2D eigenvalue weighted by Gasteiger charge is -2.09. The summed E-state index contributed by atoms with van der Waals surface area (Å²) in [5, 5.41) is 1.03. The number of thioether (sulfide) groups is 4. The third kappa shape index (κ3) is 23.9. The van der Waals surface area contributed by atoms with Crippen LogP contribution in [-0.2, 0) is 14.4 Å². The summed E-state index contributed by atoms with van der Waals surface area (Å²) >= 11 is 5.03. The number of rotatable bonds is 9. The molecule has 1 atom stereocenters. The molecule has 0 spiro atoms. The van der Waals surface area contributed by atoms with Crippen molar-refractivity contribution >= 4 is 62.4 Å². The van der Waals surface area contributed by atoms with E-state index in [1.54, 1.807) is 25.6 Å². The largest absolute Gasteiger partial charge is 0.287 e. The Labute approximate surface area is 187 Å². The standard InChI is InChI=1S/C14H20O3S4.6CH4/c1-9(2)12(15)19-7-18-6-11(5)14(17)21-8-20-13(16)10(3)4;;;;;;/h11H,1,3,6-8H2,2,4-5H3;6*1H4. The van der Waals surface area contributed by atoms with Crippen LogP contribution in [0, 0.1) is 5.92 Å². The fourth-order valence-electron chi connectivity index (χ4n) is 0.918. The Bertz CT molecular complexity index is 435. The van der Waals surface area contributed by atoms with Crippen LogP contribution in [0.5, 0.6) is 0 Å². The minimum Gasteiger partial charge on any atom is -0.287 e. The minimum atomic E-state index is -0.0962. The summed E-state index contributed by atoms with van der Waals surface area (Å²) in [5.41, 5.74) is 1.04. The molecule has 0 fully saturated rings. The molecule has 7 heteroatoms. The fraction of sp³-hybridized carbons (Fsp3) is 0.650. The van der Waals surface area contributed by atoms with Gasteiger partial charge >= 0.3 is 0 Å². The van der Waals surface area contributed by atoms with E-state index in [9.17, 15) is 14.4 Å². The van der Waals surface area contributed by atoms with Gasteiger partial charge < -0.3 is 0 Å². The first kappa shape index (κ1) is 45.6. The smallest absolute Gasteiger partial charge is 0.215 e. The highest BCUT2D eigenvalue weighted by Gasteiger charge is 2.15.